The molecule has 3 aromatic carbocycles. The van der Waals surface area contributed by atoms with Gasteiger partial charge in [-0.1, -0.05) is 18.2 Å². The van der Waals surface area contributed by atoms with Gasteiger partial charge in [0.1, 0.15) is 11.4 Å². The van der Waals surface area contributed by atoms with Crippen LogP contribution in [0.1, 0.15) is 11.1 Å². The quantitative estimate of drug-likeness (QED) is 0.413. The van der Waals surface area contributed by atoms with Crippen molar-refractivity contribution in [1.82, 2.24) is 20.2 Å². The van der Waals surface area contributed by atoms with Crippen LogP contribution < -0.4 is 0 Å². The lowest BCUT2D eigenvalue weighted by atomic mass is 9.94. The number of fused-ring (bicyclic) bond motifs is 2. The zero-order chi connectivity index (χ0) is 18.5. The van der Waals surface area contributed by atoms with Crippen LogP contribution >= 0.6 is 0 Å². The number of para-hydroxylation sites is 2. The molecule has 0 saturated heterocycles. The fourth-order valence-corrected chi connectivity index (χ4v) is 3.82. The largest absolute Gasteiger partial charge is 0.508 e. The molecule has 2 aromatic heterocycles. The number of nitrogens with one attached hydrogen (secondary N) is 2. The number of aromatic hydroxyl groups is 1. The summed E-state index contributed by atoms with van der Waals surface area (Å²) in [5.74, 6) is 1.05. The van der Waals surface area contributed by atoms with Crippen LogP contribution in [0, 0.1) is 13.8 Å². The molecule has 0 aliphatic rings. The first-order chi connectivity index (χ1) is 13.1. The summed E-state index contributed by atoms with van der Waals surface area (Å²) in [5.41, 5.74) is 8.01. The molecule has 5 aromatic rings. The number of hydrogen-bond acceptors (Lipinski definition) is 3. The van der Waals surface area contributed by atoms with Gasteiger partial charge in [0.05, 0.1) is 16.6 Å². The van der Waals surface area contributed by atoms with E-state index in [0.717, 1.165) is 55.7 Å². The number of rotatable bonds is 2. The summed E-state index contributed by atoms with van der Waals surface area (Å²) in [7, 11) is 0. The van der Waals surface area contributed by atoms with Crippen LogP contribution in [0.15, 0.2) is 54.6 Å². The third-order valence-electron chi connectivity index (χ3n) is 4.98. The van der Waals surface area contributed by atoms with Crippen molar-refractivity contribution in [3.05, 3.63) is 65.7 Å². The normalized spacial score (nSPS) is 11.5. The van der Waals surface area contributed by atoms with Crippen molar-refractivity contribution < 1.29 is 5.11 Å². The second kappa shape index (κ2) is 5.71. The zero-order valence-electron chi connectivity index (χ0n) is 15.0. The Morgan fingerprint density at radius 3 is 2.44 bits per heavy atom. The molecule has 0 saturated carbocycles. The molecule has 5 nitrogen and oxygen atoms in total. The van der Waals surface area contributed by atoms with Gasteiger partial charge >= 0.3 is 0 Å². The number of nitrogens with zero attached hydrogens (tertiary/aromatic N) is 2. The molecular formula is C22H18N4O. The van der Waals surface area contributed by atoms with Gasteiger partial charge < -0.3 is 10.1 Å². The fraction of sp³-hybridized carbons (Fsp3) is 0.0909. The average Bonchev–Trinajstić information content (AvgIpc) is 3.24. The lowest BCUT2D eigenvalue weighted by Gasteiger charge is -2.11. The highest BCUT2D eigenvalue weighted by molar-refractivity contribution is 5.95. The van der Waals surface area contributed by atoms with Gasteiger partial charge in [-0.3, -0.25) is 5.10 Å². The Bertz CT molecular complexity index is 1260. The molecule has 5 rings (SSSR count). The van der Waals surface area contributed by atoms with E-state index in [1.807, 2.05) is 38.1 Å². The van der Waals surface area contributed by atoms with Gasteiger partial charge in [-0.05, 0) is 72.5 Å². The number of aromatic nitrogens is 4. The van der Waals surface area contributed by atoms with Crippen LogP contribution in [0.3, 0.4) is 0 Å². The molecule has 0 unspecified atom stereocenters. The van der Waals surface area contributed by atoms with Crippen LogP contribution in [-0.2, 0) is 0 Å². The first-order valence-electron chi connectivity index (χ1n) is 8.84. The summed E-state index contributed by atoms with van der Waals surface area (Å²) in [6.07, 6.45) is 0. The van der Waals surface area contributed by atoms with E-state index < -0.39 is 0 Å². The van der Waals surface area contributed by atoms with Crippen LogP contribution in [0.5, 0.6) is 5.75 Å². The van der Waals surface area contributed by atoms with Gasteiger partial charge in [0.15, 0.2) is 5.82 Å². The number of hydrogen-bond donors (Lipinski definition) is 3. The van der Waals surface area contributed by atoms with Gasteiger partial charge in [0.2, 0.25) is 0 Å². The third-order valence-corrected chi connectivity index (χ3v) is 4.98. The number of phenolic OH excluding ortho intramolecular Hbond substituents is 1. The molecule has 3 N–H and O–H groups in total. The van der Waals surface area contributed by atoms with Crippen LogP contribution in [0.25, 0.3) is 44.6 Å². The highest BCUT2D eigenvalue weighted by Gasteiger charge is 2.14. The monoisotopic (exact) mass is 354 g/mol. The summed E-state index contributed by atoms with van der Waals surface area (Å²) < 4.78 is 0. The molecule has 0 bridgehead atoms. The van der Waals surface area contributed by atoms with Gasteiger partial charge in [-0.25, -0.2) is 4.98 Å². The maximum Gasteiger partial charge on any atom is 0.159 e. The van der Waals surface area contributed by atoms with Crippen molar-refractivity contribution in [3.8, 4) is 28.4 Å². The van der Waals surface area contributed by atoms with E-state index in [0.29, 0.717) is 5.75 Å². The Kier molecular flexibility index (Phi) is 3.31. The van der Waals surface area contributed by atoms with Crippen molar-refractivity contribution in [1.29, 1.82) is 0 Å². The SMILES string of the molecule is Cc1cc(O)cc(C)c1-c1ccc2c(-c3nc4ccccc4[nH]3)n[nH]c2c1. The molecule has 132 valence electrons. The molecule has 5 heteroatoms. The Labute approximate surface area is 155 Å². The highest BCUT2D eigenvalue weighted by Crippen LogP contribution is 2.34. The predicted octanol–water partition coefficient (Wildman–Crippen LogP) is 5.10. The highest BCUT2D eigenvalue weighted by atomic mass is 16.3. The minimum Gasteiger partial charge on any atom is -0.508 e. The minimum atomic E-state index is 0.295. The first-order valence-corrected chi connectivity index (χ1v) is 8.84. The maximum atomic E-state index is 9.80. The van der Waals surface area contributed by atoms with E-state index in [1.54, 1.807) is 12.1 Å². The van der Waals surface area contributed by atoms with Crippen molar-refractivity contribution in [2.45, 2.75) is 13.8 Å². The Balaban J connectivity index is 1.65. The van der Waals surface area contributed by atoms with Gasteiger partial charge in [-0.2, -0.15) is 5.10 Å². The van der Waals surface area contributed by atoms with Crippen LogP contribution in [0.4, 0.5) is 0 Å². The van der Waals surface area contributed by atoms with Gasteiger partial charge in [0, 0.05) is 5.39 Å². The first kappa shape index (κ1) is 15.6. The van der Waals surface area contributed by atoms with E-state index in [9.17, 15) is 5.11 Å². The molecule has 0 aliphatic heterocycles. The lowest BCUT2D eigenvalue weighted by Crippen LogP contribution is -1.88. The molecule has 0 aliphatic carbocycles. The van der Waals surface area contributed by atoms with E-state index in [2.05, 4.69) is 38.4 Å². The summed E-state index contributed by atoms with van der Waals surface area (Å²) in [6, 6.07) is 17.8. The topological polar surface area (TPSA) is 77.6 Å². The van der Waals surface area contributed by atoms with Crippen LogP contribution in [-0.4, -0.2) is 25.3 Å². The van der Waals surface area contributed by atoms with Crippen molar-refractivity contribution >= 4 is 21.9 Å². The summed E-state index contributed by atoms with van der Waals surface area (Å²) in [5, 5.41) is 18.4. The number of aromatic amines is 2. The van der Waals surface area contributed by atoms with Crippen molar-refractivity contribution in [3.63, 3.8) is 0 Å². The van der Waals surface area contributed by atoms with Gasteiger partial charge in [0.25, 0.3) is 0 Å². The fourth-order valence-electron chi connectivity index (χ4n) is 3.82. The second-order valence-corrected chi connectivity index (χ2v) is 6.89. The van der Waals surface area contributed by atoms with Gasteiger partial charge in [-0.15, -0.1) is 0 Å². The molecule has 0 radical (unpaired) electrons. The Morgan fingerprint density at radius 1 is 0.889 bits per heavy atom. The molecule has 27 heavy (non-hydrogen) atoms. The standard InChI is InChI=1S/C22H18N4O/c1-12-9-15(27)10-13(2)20(12)14-7-8-16-19(11-14)25-26-21(16)22-23-17-5-3-4-6-18(17)24-22/h3-11,27H,1-2H3,(H,23,24)(H,25,26). The zero-order valence-corrected chi connectivity index (χ0v) is 15.0. The Hall–Kier alpha value is -3.60. The molecular weight excluding hydrogens is 336 g/mol. The molecule has 0 fully saturated rings. The molecule has 0 atom stereocenters. The van der Waals surface area contributed by atoms with E-state index in [4.69, 9.17) is 0 Å². The number of benzene rings is 3. The summed E-state index contributed by atoms with van der Waals surface area (Å²) in [6.45, 7) is 4.03. The van der Waals surface area contributed by atoms with Crippen molar-refractivity contribution in [2.24, 2.45) is 0 Å². The average molecular weight is 354 g/mol. The number of H-pyrrole nitrogens is 2. The number of imidazole rings is 1. The molecule has 2 heterocycles. The smallest absolute Gasteiger partial charge is 0.159 e. The number of phenols is 1. The van der Waals surface area contributed by atoms with Crippen molar-refractivity contribution in [2.75, 3.05) is 0 Å². The number of aryl methyl sites for hydroxylation is 2. The molecule has 0 spiro atoms. The lowest BCUT2D eigenvalue weighted by molar-refractivity contribution is 0.474. The molecule has 0 amide bonds. The summed E-state index contributed by atoms with van der Waals surface area (Å²) in [4.78, 5) is 8.00. The van der Waals surface area contributed by atoms with E-state index in [1.165, 1.54) is 0 Å². The Morgan fingerprint density at radius 2 is 1.67 bits per heavy atom. The van der Waals surface area contributed by atoms with Crippen LogP contribution in [0.2, 0.25) is 0 Å². The third kappa shape index (κ3) is 2.47. The minimum absolute atomic E-state index is 0.295. The summed E-state index contributed by atoms with van der Waals surface area (Å²) >= 11 is 0. The second-order valence-electron chi connectivity index (χ2n) is 6.89. The van der Waals surface area contributed by atoms with E-state index in [-0.39, 0.29) is 0 Å². The van der Waals surface area contributed by atoms with E-state index >= 15 is 0 Å². The maximum absolute atomic E-state index is 9.80. The predicted molar refractivity (Wildman–Crippen MR) is 108 cm³/mol.